The summed E-state index contributed by atoms with van der Waals surface area (Å²) < 4.78 is 86.2. The molecular formula is C49H60F6N2O8. The number of aliphatic hydroxyl groups excluding tert-OH is 1. The molecule has 0 unspecified atom stereocenters. The monoisotopic (exact) mass is 918 g/mol. The number of rotatable bonds is 4. The Balaban J connectivity index is 0.000000184. The standard InChI is InChI=1S/C27H30F6N2O2.C22H30O6/c1-24-11-9-17-15(4-8-21-25(17,2)12-10-22(36)35-21)16(24)6-7-19(24)23(37)34-20-13-14(26(28,29)30)3-5-18(20)27(31,32)33;1-11-6-16-20(26,18(11)25)9-14(10-23)7-15-17-19(4,5)21(17,28-13(3)24)8-12(2)22(15,16)27/h3,5,10,12-13,15-17,19,21H,4,6-9,11H2,1-2H3,(H,34,37)(H,35,36);6-7,12,15-17,23,26-27H,8-10H2,1-5H3/t15-,16-,17-,19+,21+,24-,25+;12-,15+,16-,17-,20-,21+,22-/m01/s1. The highest BCUT2D eigenvalue weighted by atomic mass is 19.4. The van der Waals surface area contributed by atoms with Gasteiger partial charge in [-0.2, -0.15) is 26.3 Å². The lowest BCUT2D eigenvalue weighted by atomic mass is 9.48. The molecule has 0 bridgehead atoms. The fourth-order valence-corrected chi connectivity index (χ4v) is 14.9. The number of ketones is 1. The lowest BCUT2D eigenvalue weighted by Gasteiger charge is -2.58. The van der Waals surface area contributed by atoms with E-state index in [0.717, 1.165) is 25.7 Å². The number of nitrogens with one attached hydrogen (secondary N) is 2. The van der Waals surface area contributed by atoms with Gasteiger partial charge < -0.3 is 30.7 Å². The number of hydrogen-bond acceptors (Lipinski definition) is 8. The van der Waals surface area contributed by atoms with E-state index in [1.54, 1.807) is 19.1 Å². The zero-order valence-electron chi connectivity index (χ0n) is 37.8. The van der Waals surface area contributed by atoms with Crippen molar-refractivity contribution in [2.75, 3.05) is 11.9 Å². The summed E-state index contributed by atoms with van der Waals surface area (Å²) in [6, 6.07) is 1.18. The Labute approximate surface area is 374 Å². The number of carbonyl (C=O) groups excluding carboxylic acids is 4. The number of amides is 2. The van der Waals surface area contributed by atoms with Crippen molar-refractivity contribution in [2.24, 2.45) is 63.6 Å². The van der Waals surface area contributed by atoms with E-state index in [4.69, 9.17) is 4.74 Å². The minimum atomic E-state index is -4.91. The molecule has 7 aliphatic carbocycles. The van der Waals surface area contributed by atoms with E-state index >= 15 is 0 Å². The topological polar surface area (TPSA) is 162 Å². The molecule has 16 heteroatoms. The molecule has 0 saturated heterocycles. The Morgan fingerprint density at radius 3 is 2.26 bits per heavy atom. The van der Waals surface area contributed by atoms with Crippen LogP contribution >= 0.6 is 0 Å². The summed E-state index contributed by atoms with van der Waals surface area (Å²) >= 11 is 0. The van der Waals surface area contributed by atoms with Gasteiger partial charge in [0.2, 0.25) is 11.8 Å². The molecule has 0 aromatic heterocycles. The van der Waals surface area contributed by atoms with E-state index in [9.17, 15) is 60.8 Å². The molecule has 65 heavy (non-hydrogen) atoms. The molecule has 1 aromatic carbocycles. The molecule has 0 spiro atoms. The second-order valence-corrected chi connectivity index (χ2v) is 21.6. The molecule has 8 aliphatic rings. The first-order chi connectivity index (χ1) is 30.0. The average molecular weight is 919 g/mol. The molecule has 10 nitrogen and oxygen atoms in total. The second-order valence-electron chi connectivity index (χ2n) is 21.6. The normalized spacial score (nSPS) is 42.1. The summed E-state index contributed by atoms with van der Waals surface area (Å²) in [6.07, 6.45) is 2.27. The summed E-state index contributed by atoms with van der Waals surface area (Å²) in [6.45, 7) is 12.9. The molecule has 1 heterocycles. The van der Waals surface area contributed by atoms with Crippen LogP contribution in [0.5, 0.6) is 0 Å². The Morgan fingerprint density at radius 1 is 0.938 bits per heavy atom. The fraction of sp³-hybridized carbons (Fsp3) is 0.673. The minimum Gasteiger partial charge on any atom is -0.458 e. The van der Waals surface area contributed by atoms with Gasteiger partial charge in [-0.25, -0.2) is 0 Å². The smallest absolute Gasteiger partial charge is 0.418 e. The number of halogens is 6. The molecule has 5 fully saturated rings. The number of benzene rings is 1. The number of fused-ring (bicyclic) bond motifs is 10. The highest BCUT2D eigenvalue weighted by Gasteiger charge is 2.83. The molecule has 5 N–H and O–H groups in total. The van der Waals surface area contributed by atoms with Crippen LogP contribution in [0, 0.1) is 63.6 Å². The van der Waals surface area contributed by atoms with Gasteiger partial charge in [-0.1, -0.05) is 52.8 Å². The SMILES string of the molecule is CC(=O)O[C@@]12C[C@@H](C)[C@@]3(O)[C@@H](C=C(CO)C[C@]4(O)C(=O)C(C)=C[C@@H]34)[C@@H]1C2(C)C.C[C@]12C=CC(=O)N[C@@H]1CC[C@@H]1[C@@H]2CC[C@]2(C)[C@@H](C(=O)Nc3cc(C(F)(F)F)ccc3C(F)(F)F)CC[C@@H]12. The van der Waals surface area contributed by atoms with E-state index < -0.39 is 75.0 Å². The number of aliphatic hydroxyl groups is 3. The first kappa shape index (κ1) is 47.5. The van der Waals surface area contributed by atoms with Crippen molar-refractivity contribution in [1.82, 2.24) is 5.32 Å². The van der Waals surface area contributed by atoms with Crippen LogP contribution in [0.2, 0.25) is 0 Å². The van der Waals surface area contributed by atoms with Crippen LogP contribution in [0.4, 0.5) is 32.0 Å². The fourth-order valence-electron chi connectivity index (χ4n) is 14.9. The van der Waals surface area contributed by atoms with Crippen molar-refractivity contribution < 1.29 is 65.6 Å². The number of esters is 1. The number of Topliss-reactive ketones (excluding diaryl/α,β-unsaturated/α-hetero) is 1. The molecule has 1 aliphatic heterocycles. The average Bonchev–Trinajstić information content (AvgIpc) is 3.38. The largest absolute Gasteiger partial charge is 0.458 e. The molecule has 14 atom stereocenters. The Bertz CT molecular complexity index is 2290. The zero-order valence-corrected chi connectivity index (χ0v) is 37.8. The quantitative estimate of drug-likeness (QED) is 0.115. The summed E-state index contributed by atoms with van der Waals surface area (Å²) in [5, 5.41) is 38.7. The molecule has 356 valence electrons. The Hall–Kier alpha value is -4.02. The van der Waals surface area contributed by atoms with Crippen molar-refractivity contribution in [3.05, 3.63) is 64.8 Å². The van der Waals surface area contributed by atoms with Gasteiger partial charge in [0.25, 0.3) is 0 Å². The maximum atomic E-state index is 13.6. The molecule has 5 saturated carbocycles. The van der Waals surface area contributed by atoms with Gasteiger partial charge in [-0.05, 0) is 116 Å². The number of hydrogen-bond donors (Lipinski definition) is 5. The number of ether oxygens (including phenoxy) is 1. The first-order valence-electron chi connectivity index (χ1n) is 22.8. The lowest BCUT2D eigenvalue weighted by Crippen LogP contribution is -2.61. The highest BCUT2D eigenvalue weighted by Crippen LogP contribution is 2.76. The van der Waals surface area contributed by atoms with Crippen LogP contribution in [0.3, 0.4) is 0 Å². The van der Waals surface area contributed by atoms with Crippen LogP contribution in [0.1, 0.15) is 111 Å². The Morgan fingerprint density at radius 2 is 1.63 bits per heavy atom. The maximum absolute atomic E-state index is 13.6. The van der Waals surface area contributed by atoms with Gasteiger partial charge in [-0.15, -0.1) is 0 Å². The van der Waals surface area contributed by atoms with Crippen LogP contribution < -0.4 is 10.6 Å². The van der Waals surface area contributed by atoms with E-state index in [1.807, 2.05) is 39.8 Å². The van der Waals surface area contributed by atoms with Crippen LogP contribution in [-0.2, 0) is 36.3 Å². The summed E-state index contributed by atoms with van der Waals surface area (Å²) in [5.41, 5.74) is -7.25. The Kier molecular flexibility index (Phi) is 11.1. The van der Waals surface area contributed by atoms with E-state index in [1.165, 1.54) is 6.92 Å². The zero-order chi connectivity index (χ0) is 47.8. The number of carbonyl (C=O) groups is 4. The maximum Gasteiger partial charge on any atom is 0.418 e. The lowest BCUT2D eigenvalue weighted by molar-refractivity contribution is -0.186. The highest BCUT2D eigenvalue weighted by molar-refractivity contribution is 6.05. The van der Waals surface area contributed by atoms with Crippen molar-refractivity contribution in [1.29, 1.82) is 0 Å². The van der Waals surface area contributed by atoms with E-state index in [0.29, 0.717) is 60.4 Å². The van der Waals surface area contributed by atoms with Crippen molar-refractivity contribution in [2.45, 2.75) is 135 Å². The van der Waals surface area contributed by atoms with Crippen LogP contribution in [-0.4, -0.2) is 68.3 Å². The molecule has 0 radical (unpaired) electrons. The molecule has 1 aromatic rings. The van der Waals surface area contributed by atoms with Gasteiger partial charge in [0, 0.05) is 53.9 Å². The van der Waals surface area contributed by atoms with Gasteiger partial charge >= 0.3 is 18.3 Å². The predicted molar refractivity (Wildman–Crippen MR) is 225 cm³/mol. The third-order valence-corrected chi connectivity index (χ3v) is 18.1. The van der Waals surface area contributed by atoms with Crippen molar-refractivity contribution in [3.63, 3.8) is 0 Å². The van der Waals surface area contributed by atoms with Crippen LogP contribution in [0.25, 0.3) is 0 Å². The molecule has 2 amide bonds. The first-order valence-corrected chi connectivity index (χ1v) is 22.8. The minimum absolute atomic E-state index is 0.0000834. The van der Waals surface area contributed by atoms with Gasteiger partial charge in [0.05, 0.1) is 29.0 Å². The molecular weight excluding hydrogens is 859 g/mol. The van der Waals surface area contributed by atoms with Gasteiger partial charge in [0.15, 0.2) is 5.78 Å². The third-order valence-electron chi connectivity index (χ3n) is 18.1. The van der Waals surface area contributed by atoms with E-state index in [2.05, 4.69) is 17.6 Å². The number of anilines is 1. The summed E-state index contributed by atoms with van der Waals surface area (Å²) in [7, 11) is 0. The predicted octanol–water partition coefficient (Wildman–Crippen LogP) is 8.11. The van der Waals surface area contributed by atoms with Gasteiger partial charge in [0.1, 0.15) is 11.2 Å². The van der Waals surface area contributed by atoms with Crippen molar-refractivity contribution in [3.8, 4) is 0 Å². The summed E-state index contributed by atoms with van der Waals surface area (Å²) in [5.74, 6) is -2.97. The van der Waals surface area contributed by atoms with E-state index in [-0.39, 0.29) is 65.3 Å². The summed E-state index contributed by atoms with van der Waals surface area (Å²) in [4.78, 5) is 50.0. The van der Waals surface area contributed by atoms with Crippen LogP contribution in [0.15, 0.2) is 53.6 Å². The number of alkyl halides is 6. The van der Waals surface area contributed by atoms with Gasteiger partial charge in [-0.3, -0.25) is 19.2 Å². The third kappa shape index (κ3) is 7.06. The van der Waals surface area contributed by atoms with Crippen molar-refractivity contribution >= 4 is 29.3 Å². The molecule has 9 rings (SSSR count). The second kappa shape index (κ2) is 15.2.